The molecule has 0 fully saturated rings. The molecule has 1 heterocycles. The standard InChI is InChI=1S/C43H33N/c1-43(2,3)40-18-10-17-39(44-40)32-23-24-37-38(27-32)42(34-22-20-29-12-5-7-14-31(29)26-34)36-16-9-8-15-35(36)41(37)33-21-19-28-11-4-6-13-30(28)25-33/h4-27H,1-3H3. The molecule has 0 aliphatic rings. The first-order chi connectivity index (χ1) is 21.4. The zero-order valence-corrected chi connectivity index (χ0v) is 25.3. The summed E-state index contributed by atoms with van der Waals surface area (Å²) >= 11 is 0. The number of rotatable bonds is 3. The summed E-state index contributed by atoms with van der Waals surface area (Å²) in [7, 11) is 0. The summed E-state index contributed by atoms with van der Waals surface area (Å²) in [6, 6.07) is 53.2. The van der Waals surface area contributed by atoms with Crippen molar-refractivity contribution in [3.8, 4) is 33.5 Å². The third-order valence-corrected chi connectivity index (χ3v) is 8.91. The zero-order valence-electron chi connectivity index (χ0n) is 25.3. The smallest absolute Gasteiger partial charge is 0.0705 e. The molecule has 0 saturated heterocycles. The van der Waals surface area contributed by atoms with E-state index in [-0.39, 0.29) is 5.41 Å². The van der Waals surface area contributed by atoms with Crippen molar-refractivity contribution < 1.29 is 0 Å². The van der Waals surface area contributed by atoms with Crippen LogP contribution in [0.1, 0.15) is 26.5 Å². The highest BCUT2D eigenvalue weighted by atomic mass is 14.7. The van der Waals surface area contributed by atoms with E-state index in [1.807, 2.05) is 0 Å². The fraction of sp³-hybridized carbons (Fsp3) is 0.0930. The van der Waals surface area contributed by atoms with E-state index in [2.05, 4.69) is 166 Å². The third-order valence-electron chi connectivity index (χ3n) is 8.91. The molecule has 0 atom stereocenters. The largest absolute Gasteiger partial charge is 0.252 e. The maximum atomic E-state index is 5.14. The van der Waals surface area contributed by atoms with Crippen LogP contribution in [0, 0.1) is 0 Å². The van der Waals surface area contributed by atoms with Crippen LogP contribution < -0.4 is 0 Å². The summed E-state index contributed by atoms with van der Waals surface area (Å²) < 4.78 is 0. The molecular formula is C43H33N. The molecule has 1 aromatic heterocycles. The Kier molecular flexibility index (Phi) is 6.10. The molecule has 0 aliphatic carbocycles. The molecule has 0 spiro atoms. The van der Waals surface area contributed by atoms with Crippen molar-refractivity contribution in [2.75, 3.05) is 0 Å². The van der Waals surface area contributed by atoms with Gasteiger partial charge in [0.2, 0.25) is 0 Å². The highest BCUT2D eigenvalue weighted by molar-refractivity contribution is 6.22. The van der Waals surface area contributed by atoms with Crippen LogP contribution in [0.3, 0.4) is 0 Å². The summed E-state index contributed by atoms with van der Waals surface area (Å²) in [5.74, 6) is 0. The van der Waals surface area contributed by atoms with Gasteiger partial charge in [-0.25, -0.2) is 0 Å². The van der Waals surface area contributed by atoms with Crippen molar-refractivity contribution in [3.63, 3.8) is 0 Å². The Morgan fingerprint density at radius 3 is 1.48 bits per heavy atom. The molecule has 0 bridgehead atoms. The minimum atomic E-state index is -0.0252. The Balaban J connectivity index is 1.48. The van der Waals surface area contributed by atoms with Crippen LogP contribution in [0.15, 0.2) is 146 Å². The maximum absolute atomic E-state index is 5.14. The van der Waals surface area contributed by atoms with Crippen LogP contribution in [-0.2, 0) is 5.41 Å². The van der Waals surface area contributed by atoms with Gasteiger partial charge in [-0.15, -0.1) is 0 Å². The van der Waals surface area contributed by atoms with E-state index in [0.717, 1.165) is 17.0 Å². The summed E-state index contributed by atoms with van der Waals surface area (Å²) in [6.45, 7) is 6.66. The number of benzene rings is 7. The first kappa shape index (κ1) is 26.4. The molecule has 1 nitrogen and oxygen atoms in total. The number of fused-ring (bicyclic) bond motifs is 4. The van der Waals surface area contributed by atoms with Crippen LogP contribution in [0.25, 0.3) is 76.6 Å². The molecule has 8 aromatic rings. The Morgan fingerprint density at radius 1 is 0.386 bits per heavy atom. The molecular weight excluding hydrogens is 530 g/mol. The maximum Gasteiger partial charge on any atom is 0.0705 e. The Labute approximate surface area is 258 Å². The van der Waals surface area contributed by atoms with Crippen molar-refractivity contribution in [1.29, 1.82) is 0 Å². The highest BCUT2D eigenvalue weighted by Crippen LogP contribution is 2.45. The molecule has 0 N–H and O–H groups in total. The van der Waals surface area contributed by atoms with Crippen molar-refractivity contribution >= 4 is 43.1 Å². The lowest BCUT2D eigenvalue weighted by Crippen LogP contribution is -2.13. The quantitative estimate of drug-likeness (QED) is 0.195. The summed E-state index contributed by atoms with van der Waals surface area (Å²) in [6.07, 6.45) is 0. The number of hydrogen-bond donors (Lipinski definition) is 0. The average Bonchev–Trinajstić information content (AvgIpc) is 3.06. The van der Waals surface area contributed by atoms with Crippen molar-refractivity contribution in [1.82, 2.24) is 4.98 Å². The van der Waals surface area contributed by atoms with Gasteiger partial charge in [-0.05, 0) is 95.7 Å². The summed E-state index contributed by atoms with van der Waals surface area (Å²) in [5, 5.41) is 10.0. The van der Waals surface area contributed by atoms with Gasteiger partial charge in [0.1, 0.15) is 0 Å². The average molecular weight is 564 g/mol. The minimum Gasteiger partial charge on any atom is -0.252 e. The molecule has 0 radical (unpaired) electrons. The predicted octanol–water partition coefficient (Wildman–Crippen LogP) is 12.0. The fourth-order valence-corrected chi connectivity index (χ4v) is 6.66. The molecule has 0 amide bonds. The van der Waals surface area contributed by atoms with Gasteiger partial charge in [-0.2, -0.15) is 0 Å². The second-order valence-electron chi connectivity index (χ2n) is 12.8. The SMILES string of the molecule is CC(C)(C)c1cccc(-c2ccc3c(-c4ccc5ccccc5c4)c4ccccc4c(-c4ccc5ccccc5c4)c3c2)n1. The van der Waals surface area contributed by atoms with Crippen LogP contribution in [0.5, 0.6) is 0 Å². The normalized spacial score (nSPS) is 12.0. The van der Waals surface area contributed by atoms with Crippen LogP contribution >= 0.6 is 0 Å². The number of aromatic nitrogens is 1. The lowest BCUT2D eigenvalue weighted by atomic mass is 9.84. The van der Waals surface area contributed by atoms with Crippen molar-refractivity contribution in [3.05, 3.63) is 151 Å². The van der Waals surface area contributed by atoms with Crippen LogP contribution in [0.4, 0.5) is 0 Å². The lowest BCUT2D eigenvalue weighted by molar-refractivity contribution is 0.570. The first-order valence-corrected chi connectivity index (χ1v) is 15.4. The Morgan fingerprint density at radius 2 is 0.886 bits per heavy atom. The van der Waals surface area contributed by atoms with E-state index >= 15 is 0 Å². The van der Waals surface area contributed by atoms with E-state index in [4.69, 9.17) is 4.98 Å². The molecule has 0 aliphatic heterocycles. The molecule has 0 unspecified atom stereocenters. The van der Waals surface area contributed by atoms with Gasteiger partial charge >= 0.3 is 0 Å². The van der Waals surface area contributed by atoms with Gasteiger partial charge in [0, 0.05) is 16.7 Å². The van der Waals surface area contributed by atoms with Gasteiger partial charge in [0.05, 0.1) is 5.69 Å². The molecule has 210 valence electrons. The van der Waals surface area contributed by atoms with Gasteiger partial charge in [0.15, 0.2) is 0 Å². The van der Waals surface area contributed by atoms with E-state index < -0.39 is 0 Å². The number of hydrogen-bond acceptors (Lipinski definition) is 1. The van der Waals surface area contributed by atoms with Gasteiger partial charge < -0.3 is 0 Å². The third kappa shape index (κ3) is 4.44. The van der Waals surface area contributed by atoms with E-state index in [0.29, 0.717) is 0 Å². The topological polar surface area (TPSA) is 12.9 Å². The monoisotopic (exact) mass is 563 g/mol. The van der Waals surface area contributed by atoms with E-state index in [9.17, 15) is 0 Å². The predicted molar refractivity (Wildman–Crippen MR) is 189 cm³/mol. The van der Waals surface area contributed by atoms with Gasteiger partial charge in [-0.3, -0.25) is 4.98 Å². The van der Waals surface area contributed by atoms with E-state index in [1.54, 1.807) is 0 Å². The Bertz CT molecular complexity index is 2370. The number of pyridine rings is 1. The second-order valence-corrected chi connectivity index (χ2v) is 12.8. The fourth-order valence-electron chi connectivity index (χ4n) is 6.66. The van der Waals surface area contributed by atoms with E-state index in [1.165, 1.54) is 65.3 Å². The molecule has 1 heteroatoms. The molecule has 0 saturated carbocycles. The highest BCUT2D eigenvalue weighted by Gasteiger charge is 2.19. The lowest BCUT2D eigenvalue weighted by Gasteiger charge is -2.20. The summed E-state index contributed by atoms with van der Waals surface area (Å²) in [4.78, 5) is 5.14. The van der Waals surface area contributed by atoms with Gasteiger partial charge in [-0.1, -0.05) is 136 Å². The van der Waals surface area contributed by atoms with Gasteiger partial charge in [0.25, 0.3) is 0 Å². The van der Waals surface area contributed by atoms with Crippen LogP contribution in [-0.4, -0.2) is 4.98 Å². The minimum absolute atomic E-state index is 0.0252. The molecule has 8 rings (SSSR count). The summed E-state index contributed by atoms with van der Waals surface area (Å²) in [5.41, 5.74) is 8.20. The number of nitrogens with zero attached hydrogens (tertiary/aromatic N) is 1. The first-order valence-electron chi connectivity index (χ1n) is 15.4. The Hall–Kier alpha value is -5.27. The molecule has 7 aromatic carbocycles. The van der Waals surface area contributed by atoms with Crippen molar-refractivity contribution in [2.45, 2.75) is 26.2 Å². The zero-order chi connectivity index (χ0) is 29.8. The van der Waals surface area contributed by atoms with Crippen LogP contribution in [0.2, 0.25) is 0 Å². The van der Waals surface area contributed by atoms with Crippen molar-refractivity contribution in [2.24, 2.45) is 0 Å². The second kappa shape index (κ2) is 10.2. The molecule has 44 heavy (non-hydrogen) atoms.